The average Bonchev–Trinajstić information content (AvgIpc) is 2.50. The predicted molar refractivity (Wildman–Crippen MR) is 57.5 cm³/mol. The Labute approximate surface area is 88.0 Å². The van der Waals surface area contributed by atoms with Gasteiger partial charge in [-0.1, -0.05) is 6.42 Å². The van der Waals surface area contributed by atoms with Gasteiger partial charge < -0.3 is 10.8 Å². The molecule has 0 radical (unpaired) electrons. The van der Waals surface area contributed by atoms with Gasteiger partial charge in [-0.05, 0) is 12.8 Å². The SMILES string of the molecule is NC(CO)Cc1nc(C2CCC2)cs1. The van der Waals surface area contributed by atoms with Crippen molar-refractivity contribution in [3.05, 3.63) is 16.1 Å². The molecular formula is C10H16N2OS. The van der Waals surface area contributed by atoms with Crippen molar-refractivity contribution in [3.8, 4) is 0 Å². The Morgan fingerprint density at radius 1 is 1.64 bits per heavy atom. The van der Waals surface area contributed by atoms with Gasteiger partial charge in [0.2, 0.25) is 0 Å². The lowest BCUT2D eigenvalue weighted by molar-refractivity contribution is 0.265. The molecule has 3 N–H and O–H groups in total. The third-order valence-corrected chi connectivity index (χ3v) is 3.65. The Morgan fingerprint density at radius 3 is 3.00 bits per heavy atom. The molecule has 14 heavy (non-hydrogen) atoms. The van der Waals surface area contributed by atoms with Gasteiger partial charge >= 0.3 is 0 Å². The molecule has 1 heterocycles. The highest BCUT2D eigenvalue weighted by Gasteiger charge is 2.22. The molecule has 1 aromatic heterocycles. The maximum Gasteiger partial charge on any atom is 0.0944 e. The van der Waals surface area contributed by atoms with Gasteiger partial charge in [0.05, 0.1) is 17.3 Å². The summed E-state index contributed by atoms with van der Waals surface area (Å²) in [6.07, 6.45) is 4.62. The van der Waals surface area contributed by atoms with Crippen LogP contribution in [0.3, 0.4) is 0 Å². The number of aromatic nitrogens is 1. The Bertz CT molecular complexity index is 296. The number of hydrogen-bond acceptors (Lipinski definition) is 4. The molecule has 1 atom stereocenters. The Kier molecular flexibility index (Phi) is 3.15. The van der Waals surface area contributed by atoms with Crippen LogP contribution in [0.4, 0.5) is 0 Å². The number of thiazole rings is 1. The van der Waals surface area contributed by atoms with E-state index in [9.17, 15) is 0 Å². The number of nitrogens with two attached hydrogens (primary N) is 1. The molecule has 0 spiro atoms. The lowest BCUT2D eigenvalue weighted by Crippen LogP contribution is -2.26. The Morgan fingerprint density at radius 2 is 2.43 bits per heavy atom. The van der Waals surface area contributed by atoms with Crippen LogP contribution in [0.5, 0.6) is 0 Å². The predicted octanol–water partition coefficient (Wildman–Crippen LogP) is 1.27. The summed E-state index contributed by atoms with van der Waals surface area (Å²) in [6.45, 7) is 0.0400. The minimum absolute atomic E-state index is 0.0400. The van der Waals surface area contributed by atoms with Gasteiger partial charge in [-0.2, -0.15) is 0 Å². The fraction of sp³-hybridized carbons (Fsp3) is 0.700. The number of rotatable bonds is 4. The molecule has 0 saturated heterocycles. The average molecular weight is 212 g/mol. The lowest BCUT2D eigenvalue weighted by Gasteiger charge is -2.23. The standard InChI is InChI=1S/C10H16N2OS/c11-8(5-13)4-10-12-9(6-14-10)7-2-1-3-7/h6-8,13H,1-5,11H2. The summed E-state index contributed by atoms with van der Waals surface area (Å²) < 4.78 is 0. The van der Waals surface area contributed by atoms with E-state index in [4.69, 9.17) is 10.8 Å². The molecule has 1 unspecified atom stereocenters. The summed E-state index contributed by atoms with van der Waals surface area (Å²) >= 11 is 1.67. The van der Waals surface area contributed by atoms with Crippen molar-refractivity contribution in [1.29, 1.82) is 0 Å². The van der Waals surface area contributed by atoms with Gasteiger partial charge in [-0.25, -0.2) is 4.98 Å². The van der Waals surface area contributed by atoms with Gasteiger partial charge in [-0.3, -0.25) is 0 Å². The second-order valence-corrected chi connectivity index (χ2v) is 4.88. The highest BCUT2D eigenvalue weighted by molar-refractivity contribution is 7.09. The normalized spacial score (nSPS) is 19.3. The van der Waals surface area contributed by atoms with Crippen LogP contribution in [-0.4, -0.2) is 22.7 Å². The van der Waals surface area contributed by atoms with Crippen LogP contribution in [0.25, 0.3) is 0 Å². The van der Waals surface area contributed by atoms with Gasteiger partial charge in [-0.15, -0.1) is 11.3 Å². The Balaban J connectivity index is 1.95. The molecule has 0 aliphatic heterocycles. The van der Waals surface area contributed by atoms with E-state index in [2.05, 4.69) is 10.4 Å². The number of aliphatic hydroxyl groups is 1. The topological polar surface area (TPSA) is 59.1 Å². The molecule has 3 nitrogen and oxygen atoms in total. The first-order valence-electron chi connectivity index (χ1n) is 5.10. The third kappa shape index (κ3) is 2.13. The van der Waals surface area contributed by atoms with Crippen LogP contribution in [0.1, 0.15) is 35.9 Å². The van der Waals surface area contributed by atoms with Crippen molar-refractivity contribution in [3.63, 3.8) is 0 Å². The van der Waals surface area contributed by atoms with E-state index in [0.29, 0.717) is 12.3 Å². The fourth-order valence-electron chi connectivity index (χ4n) is 1.60. The highest BCUT2D eigenvalue weighted by Crippen LogP contribution is 2.36. The number of aliphatic hydroxyl groups excluding tert-OH is 1. The Hall–Kier alpha value is -0.450. The zero-order chi connectivity index (χ0) is 9.97. The smallest absolute Gasteiger partial charge is 0.0944 e. The van der Waals surface area contributed by atoms with E-state index in [0.717, 1.165) is 5.01 Å². The quantitative estimate of drug-likeness (QED) is 0.790. The molecule has 2 rings (SSSR count). The summed E-state index contributed by atoms with van der Waals surface area (Å²) in [6, 6.07) is -0.157. The minimum Gasteiger partial charge on any atom is -0.395 e. The van der Waals surface area contributed by atoms with Crippen molar-refractivity contribution >= 4 is 11.3 Å². The van der Waals surface area contributed by atoms with Crippen molar-refractivity contribution in [2.75, 3.05) is 6.61 Å². The molecule has 0 amide bonds. The zero-order valence-electron chi connectivity index (χ0n) is 8.15. The van der Waals surface area contributed by atoms with Crippen LogP contribution in [0.2, 0.25) is 0 Å². The molecule has 0 aromatic carbocycles. The first-order valence-corrected chi connectivity index (χ1v) is 5.98. The van der Waals surface area contributed by atoms with Crippen LogP contribution >= 0.6 is 11.3 Å². The number of hydrogen-bond donors (Lipinski definition) is 2. The summed E-state index contributed by atoms with van der Waals surface area (Å²) in [5, 5.41) is 12.0. The second-order valence-electron chi connectivity index (χ2n) is 3.94. The van der Waals surface area contributed by atoms with Crippen molar-refractivity contribution in [2.24, 2.45) is 5.73 Å². The zero-order valence-corrected chi connectivity index (χ0v) is 8.96. The first-order chi connectivity index (χ1) is 6.79. The molecule has 1 aliphatic rings. The number of nitrogens with zero attached hydrogens (tertiary/aromatic N) is 1. The first kappa shape index (κ1) is 10.1. The van der Waals surface area contributed by atoms with Crippen LogP contribution in [-0.2, 0) is 6.42 Å². The van der Waals surface area contributed by atoms with Crippen molar-refractivity contribution in [1.82, 2.24) is 4.98 Å². The monoisotopic (exact) mass is 212 g/mol. The van der Waals surface area contributed by atoms with Crippen LogP contribution < -0.4 is 5.73 Å². The van der Waals surface area contributed by atoms with Gasteiger partial charge in [0, 0.05) is 23.8 Å². The van der Waals surface area contributed by atoms with Crippen molar-refractivity contribution in [2.45, 2.75) is 37.6 Å². The van der Waals surface area contributed by atoms with Gasteiger partial charge in [0.15, 0.2) is 0 Å². The van der Waals surface area contributed by atoms with E-state index < -0.39 is 0 Å². The highest BCUT2D eigenvalue weighted by atomic mass is 32.1. The molecule has 1 aliphatic carbocycles. The van der Waals surface area contributed by atoms with E-state index in [-0.39, 0.29) is 12.6 Å². The lowest BCUT2D eigenvalue weighted by atomic mass is 9.83. The molecule has 0 bridgehead atoms. The largest absolute Gasteiger partial charge is 0.395 e. The van der Waals surface area contributed by atoms with E-state index >= 15 is 0 Å². The van der Waals surface area contributed by atoms with E-state index in [1.165, 1.54) is 25.0 Å². The summed E-state index contributed by atoms with van der Waals surface area (Å²) in [4.78, 5) is 4.55. The van der Waals surface area contributed by atoms with E-state index in [1.807, 2.05) is 0 Å². The third-order valence-electron chi connectivity index (χ3n) is 2.76. The summed E-state index contributed by atoms with van der Waals surface area (Å²) in [7, 11) is 0. The molecule has 1 saturated carbocycles. The molecule has 1 aromatic rings. The minimum atomic E-state index is -0.157. The fourth-order valence-corrected chi connectivity index (χ4v) is 2.57. The second kappa shape index (κ2) is 4.38. The van der Waals surface area contributed by atoms with Crippen molar-refractivity contribution < 1.29 is 5.11 Å². The maximum atomic E-state index is 8.82. The van der Waals surface area contributed by atoms with Crippen LogP contribution in [0.15, 0.2) is 5.38 Å². The van der Waals surface area contributed by atoms with Gasteiger partial charge in [0.1, 0.15) is 0 Å². The molecule has 1 fully saturated rings. The maximum absolute atomic E-state index is 8.82. The van der Waals surface area contributed by atoms with Crippen LogP contribution in [0, 0.1) is 0 Å². The molecule has 4 heteroatoms. The van der Waals surface area contributed by atoms with E-state index in [1.54, 1.807) is 11.3 Å². The summed E-state index contributed by atoms with van der Waals surface area (Å²) in [5.74, 6) is 0.699. The van der Waals surface area contributed by atoms with Gasteiger partial charge in [0.25, 0.3) is 0 Å². The molecular weight excluding hydrogens is 196 g/mol. The summed E-state index contributed by atoms with van der Waals surface area (Å²) in [5.41, 5.74) is 6.89. The molecule has 78 valence electrons.